The first kappa shape index (κ1) is 12.5. The van der Waals surface area contributed by atoms with Crippen LogP contribution in [-0.2, 0) is 0 Å². The minimum absolute atomic E-state index is 0.527. The van der Waals surface area contributed by atoms with Gasteiger partial charge >= 0.3 is 0 Å². The van der Waals surface area contributed by atoms with Crippen molar-refractivity contribution >= 4 is 0 Å². The van der Waals surface area contributed by atoms with Crippen LogP contribution in [0.1, 0.15) is 20.8 Å². The van der Waals surface area contributed by atoms with E-state index >= 15 is 0 Å². The third-order valence-electron chi connectivity index (χ3n) is 1.68. The van der Waals surface area contributed by atoms with Gasteiger partial charge in [0.1, 0.15) is 0 Å². The molecular formula is C14H18. The molecule has 0 radical (unpaired) electrons. The molecule has 0 saturated heterocycles. The monoisotopic (exact) mass is 186 g/mol. The molecule has 0 atom stereocenters. The van der Waals surface area contributed by atoms with E-state index in [4.69, 9.17) is 6.42 Å². The van der Waals surface area contributed by atoms with Gasteiger partial charge in [-0.2, -0.15) is 0 Å². The maximum atomic E-state index is 5.37. The first-order valence-corrected chi connectivity index (χ1v) is 4.79. The van der Waals surface area contributed by atoms with Crippen molar-refractivity contribution in [3.63, 3.8) is 0 Å². The normalized spacial score (nSPS) is 13.4. The van der Waals surface area contributed by atoms with Gasteiger partial charge in [-0.3, -0.25) is 0 Å². The van der Waals surface area contributed by atoms with Crippen LogP contribution in [0, 0.1) is 18.3 Å². The lowest BCUT2D eigenvalue weighted by molar-refractivity contribution is 0.831. The fraction of sp³-hybridized carbons (Fsp3) is 0.286. The fourth-order valence-electron chi connectivity index (χ4n) is 0.971. The fourth-order valence-corrected chi connectivity index (χ4v) is 0.971. The van der Waals surface area contributed by atoms with E-state index in [1.807, 2.05) is 25.2 Å². The summed E-state index contributed by atoms with van der Waals surface area (Å²) in [6.45, 7) is 9.93. The van der Waals surface area contributed by atoms with Gasteiger partial charge in [0.05, 0.1) is 0 Å². The van der Waals surface area contributed by atoms with Crippen molar-refractivity contribution in [2.75, 3.05) is 0 Å². The van der Waals surface area contributed by atoms with Crippen LogP contribution in [0.25, 0.3) is 0 Å². The highest BCUT2D eigenvalue weighted by molar-refractivity contribution is 5.49. The van der Waals surface area contributed by atoms with E-state index in [2.05, 4.69) is 32.4 Å². The third-order valence-corrected chi connectivity index (χ3v) is 1.68. The number of hydrogen-bond acceptors (Lipinski definition) is 0. The maximum absolute atomic E-state index is 5.37. The Balaban J connectivity index is 5.05. The summed E-state index contributed by atoms with van der Waals surface area (Å²) in [5.74, 6) is 3.15. The molecule has 14 heavy (non-hydrogen) atoms. The lowest BCUT2D eigenvalue weighted by atomic mass is 10.1. The number of rotatable bonds is 4. The lowest BCUT2D eigenvalue weighted by Crippen LogP contribution is -1.83. The van der Waals surface area contributed by atoms with Crippen molar-refractivity contribution in [3.05, 3.63) is 48.1 Å². The first-order valence-electron chi connectivity index (χ1n) is 4.79. The van der Waals surface area contributed by atoms with Gasteiger partial charge in [0, 0.05) is 5.57 Å². The van der Waals surface area contributed by atoms with Gasteiger partial charge in [-0.05, 0) is 18.4 Å². The zero-order chi connectivity index (χ0) is 11.0. The molecule has 74 valence electrons. The van der Waals surface area contributed by atoms with E-state index in [1.165, 1.54) is 0 Å². The average molecular weight is 186 g/mol. The largest absolute Gasteiger partial charge is 0.115 e. The summed E-state index contributed by atoms with van der Waals surface area (Å²) in [7, 11) is 0. The quantitative estimate of drug-likeness (QED) is 0.461. The first-order chi connectivity index (χ1) is 6.65. The van der Waals surface area contributed by atoms with E-state index in [1.54, 1.807) is 6.08 Å². The molecule has 0 bridgehead atoms. The summed E-state index contributed by atoms with van der Waals surface area (Å²) in [5.41, 5.74) is 1.87. The molecule has 0 nitrogen and oxygen atoms in total. The molecule has 0 fully saturated rings. The van der Waals surface area contributed by atoms with Gasteiger partial charge in [-0.15, -0.1) is 6.42 Å². The maximum Gasteiger partial charge on any atom is 0.0308 e. The molecule has 0 spiro atoms. The molecule has 0 unspecified atom stereocenters. The van der Waals surface area contributed by atoms with Gasteiger partial charge in [0.25, 0.3) is 0 Å². The van der Waals surface area contributed by atoms with Crippen LogP contribution in [-0.4, -0.2) is 0 Å². The second-order valence-electron chi connectivity index (χ2n) is 3.32. The standard InChI is InChI=1S/C14H18/c1-6-9-14(11-10-12(4)5)13(7-2)8-3/h2,6,8-12H,3H2,1,4-5H3/b9-6-,11-10-,14-13-. The highest BCUT2D eigenvalue weighted by Gasteiger charge is 1.93. The highest BCUT2D eigenvalue weighted by Crippen LogP contribution is 2.10. The summed E-state index contributed by atoms with van der Waals surface area (Å²) in [5, 5.41) is 0. The van der Waals surface area contributed by atoms with Crippen molar-refractivity contribution in [2.45, 2.75) is 20.8 Å². The molecule has 0 amide bonds. The smallest absolute Gasteiger partial charge is 0.0308 e. The van der Waals surface area contributed by atoms with Crippen molar-refractivity contribution < 1.29 is 0 Å². The van der Waals surface area contributed by atoms with Crippen LogP contribution >= 0.6 is 0 Å². The summed E-state index contributed by atoms with van der Waals surface area (Å²) in [4.78, 5) is 0. The topological polar surface area (TPSA) is 0 Å². The number of allylic oxidation sites excluding steroid dienone is 7. The van der Waals surface area contributed by atoms with Crippen molar-refractivity contribution in [3.8, 4) is 12.3 Å². The van der Waals surface area contributed by atoms with E-state index in [9.17, 15) is 0 Å². The molecule has 0 rings (SSSR count). The molecule has 0 saturated carbocycles. The van der Waals surface area contributed by atoms with E-state index in [-0.39, 0.29) is 0 Å². The van der Waals surface area contributed by atoms with Gasteiger partial charge in [-0.25, -0.2) is 0 Å². The second kappa shape index (κ2) is 6.97. The zero-order valence-corrected chi connectivity index (χ0v) is 9.25. The minimum Gasteiger partial charge on any atom is -0.115 e. The molecule has 0 heterocycles. The Morgan fingerprint density at radius 3 is 2.36 bits per heavy atom. The molecular weight excluding hydrogens is 168 g/mol. The Morgan fingerprint density at radius 1 is 1.36 bits per heavy atom. The SMILES string of the molecule is C#C/C(C=C)=C(\C=C/C)/C=C\C(C)C. The van der Waals surface area contributed by atoms with Gasteiger partial charge < -0.3 is 0 Å². The molecule has 0 N–H and O–H groups in total. The van der Waals surface area contributed by atoms with Crippen LogP contribution in [0.5, 0.6) is 0 Å². The summed E-state index contributed by atoms with van der Waals surface area (Å²) in [6.07, 6.45) is 15.2. The van der Waals surface area contributed by atoms with Crippen molar-refractivity contribution in [1.29, 1.82) is 0 Å². The Labute approximate surface area is 87.7 Å². The van der Waals surface area contributed by atoms with Crippen LogP contribution in [0.2, 0.25) is 0 Å². The molecule has 0 aromatic rings. The van der Waals surface area contributed by atoms with Crippen molar-refractivity contribution in [2.24, 2.45) is 5.92 Å². The Morgan fingerprint density at radius 2 is 2.00 bits per heavy atom. The van der Waals surface area contributed by atoms with Gasteiger partial charge in [0.2, 0.25) is 0 Å². The zero-order valence-electron chi connectivity index (χ0n) is 9.25. The minimum atomic E-state index is 0.527. The predicted molar refractivity (Wildman–Crippen MR) is 64.8 cm³/mol. The Kier molecular flexibility index (Phi) is 6.24. The van der Waals surface area contributed by atoms with Gasteiger partial charge in [0.15, 0.2) is 0 Å². The van der Waals surface area contributed by atoms with Crippen LogP contribution in [0.3, 0.4) is 0 Å². The third kappa shape index (κ3) is 4.52. The lowest BCUT2D eigenvalue weighted by Gasteiger charge is -1.99. The highest BCUT2D eigenvalue weighted by atomic mass is 14.0. The Bertz CT molecular complexity index is 303. The molecule has 0 aromatic carbocycles. The molecule has 0 aliphatic rings. The second-order valence-corrected chi connectivity index (χ2v) is 3.32. The van der Waals surface area contributed by atoms with Crippen LogP contribution in [0.15, 0.2) is 48.1 Å². The van der Waals surface area contributed by atoms with Gasteiger partial charge in [-0.1, -0.05) is 56.7 Å². The molecule has 0 heteroatoms. The molecule has 0 aliphatic carbocycles. The van der Waals surface area contributed by atoms with Crippen molar-refractivity contribution in [1.82, 2.24) is 0 Å². The van der Waals surface area contributed by atoms with E-state index in [0.717, 1.165) is 11.1 Å². The predicted octanol–water partition coefficient (Wildman–Crippen LogP) is 3.89. The molecule has 0 aromatic heterocycles. The Hall–Kier alpha value is -1.48. The average Bonchev–Trinajstić information content (AvgIpc) is 2.15. The summed E-state index contributed by atoms with van der Waals surface area (Å²) >= 11 is 0. The number of terminal acetylenes is 1. The van der Waals surface area contributed by atoms with Crippen LogP contribution in [0.4, 0.5) is 0 Å². The number of hydrogen-bond donors (Lipinski definition) is 0. The molecule has 0 aliphatic heterocycles. The van der Waals surface area contributed by atoms with Crippen LogP contribution < -0.4 is 0 Å². The summed E-state index contributed by atoms with van der Waals surface area (Å²) < 4.78 is 0. The van der Waals surface area contributed by atoms with E-state index < -0.39 is 0 Å². The summed E-state index contributed by atoms with van der Waals surface area (Å²) in [6, 6.07) is 0. The van der Waals surface area contributed by atoms with E-state index in [0.29, 0.717) is 5.92 Å².